The number of carbonyl (C=O) groups is 1. The number of nitrogen functional groups attached to an aromatic ring is 1. The van der Waals surface area contributed by atoms with Crippen molar-refractivity contribution in [3.63, 3.8) is 0 Å². The predicted octanol–water partition coefficient (Wildman–Crippen LogP) is 0.0247. The number of pyridine rings is 1. The fraction of sp³-hybridized carbons (Fsp3) is 0.500. The molecular formula is C12H16FN3O3. The van der Waals surface area contributed by atoms with Gasteiger partial charge in [-0.25, -0.2) is 9.37 Å². The van der Waals surface area contributed by atoms with Gasteiger partial charge in [0.1, 0.15) is 0 Å². The summed E-state index contributed by atoms with van der Waals surface area (Å²) in [6, 6.07) is 1.29. The number of nitrogens with zero attached hydrogens (tertiary/aromatic N) is 2. The minimum atomic E-state index is -0.813. The van der Waals surface area contributed by atoms with E-state index < -0.39 is 17.8 Å². The minimum absolute atomic E-state index is 0.113. The summed E-state index contributed by atoms with van der Waals surface area (Å²) in [6.07, 6.45) is 0.631. The van der Waals surface area contributed by atoms with Crippen LogP contribution in [0.15, 0.2) is 12.3 Å². The summed E-state index contributed by atoms with van der Waals surface area (Å²) < 4.78 is 19.2. The maximum absolute atomic E-state index is 13.8. The highest BCUT2D eigenvalue weighted by Gasteiger charge is 2.30. The normalized spacial score (nSPS) is 23.4. The fourth-order valence-corrected chi connectivity index (χ4v) is 2.11. The maximum atomic E-state index is 13.8. The van der Waals surface area contributed by atoms with Crippen LogP contribution in [0, 0.1) is 5.82 Å². The Morgan fingerprint density at radius 2 is 2.42 bits per heavy atom. The number of hydrogen-bond donors (Lipinski definition) is 2. The van der Waals surface area contributed by atoms with Crippen LogP contribution in [0.5, 0.6) is 0 Å². The number of carbonyl (C=O) groups excluding carboxylic acids is 1. The molecule has 1 saturated heterocycles. The van der Waals surface area contributed by atoms with Crippen molar-refractivity contribution in [3.8, 4) is 0 Å². The Bertz CT molecular complexity index is 483. The molecule has 2 atom stereocenters. The Morgan fingerprint density at radius 3 is 3.11 bits per heavy atom. The number of aliphatic hydroxyl groups excluding tert-OH is 1. The van der Waals surface area contributed by atoms with Crippen molar-refractivity contribution in [2.24, 2.45) is 0 Å². The van der Waals surface area contributed by atoms with Crippen molar-refractivity contribution in [2.45, 2.75) is 19.1 Å². The van der Waals surface area contributed by atoms with E-state index in [1.54, 1.807) is 6.92 Å². The zero-order chi connectivity index (χ0) is 14.0. The van der Waals surface area contributed by atoms with Gasteiger partial charge in [-0.2, -0.15) is 0 Å². The molecule has 0 aliphatic carbocycles. The second-order valence-electron chi connectivity index (χ2n) is 4.52. The van der Waals surface area contributed by atoms with E-state index in [2.05, 4.69) is 4.98 Å². The van der Waals surface area contributed by atoms with Crippen molar-refractivity contribution in [1.29, 1.82) is 0 Å². The summed E-state index contributed by atoms with van der Waals surface area (Å²) in [6.45, 7) is 2.17. The second kappa shape index (κ2) is 5.50. The lowest BCUT2D eigenvalue weighted by Gasteiger charge is -2.36. The van der Waals surface area contributed by atoms with Gasteiger partial charge in [0.05, 0.1) is 24.4 Å². The van der Waals surface area contributed by atoms with Crippen molar-refractivity contribution in [3.05, 3.63) is 23.6 Å². The van der Waals surface area contributed by atoms with Gasteiger partial charge in [-0.05, 0) is 13.0 Å². The van der Waals surface area contributed by atoms with Gasteiger partial charge in [0, 0.05) is 19.3 Å². The van der Waals surface area contributed by atoms with Crippen molar-refractivity contribution in [1.82, 2.24) is 9.88 Å². The molecule has 0 spiro atoms. The Labute approximate surface area is 110 Å². The number of hydrogen-bond acceptors (Lipinski definition) is 5. The molecule has 1 amide bonds. The minimum Gasteiger partial charge on any atom is -0.394 e. The van der Waals surface area contributed by atoms with Crippen LogP contribution >= 0.6 is 0 Å². The number of anilines is 1. The molecule has 1 aromatic heterocycles. The Kier molecular flexibility index (Phi) is 3.96. The third-order valence-corrected chi connectivity index (χ3v) is 2.96. The number of aromatic nitrogens is 1. The van der Waals surface area contributed by atoms with Gasteiger partial charge in [-0.1, -0.05) is 0 Å². The topological polar surface area (TPSA) is 88.7 Å². The molecule has 2 unspecified atom stereocenters. The molecule has 0 aromatic carbocycles. The molecule has 2 rings (SSSR count). The third-order valence-electron chi connectivity index (χ3n) is 2.96. The lowest BCUT2D eigenvalue weighted by atomic mass is 10.1. The molecule has 1 fully saturated rings. The lowest BCUT2D eigenvalue weighted by molar-refractivity contribution is -0.0859. The molecule has 1 aliphatic rings. The molecule has 1 aromatic rings. The highest BCUT2D eigenvalue weighted by atomic mass is 19.1. The molecule has 0 bridgehead atoms. The number of halogens is 1. The first-order valence-electron chi connectivity index (χ1n) is 5.98. The van der Waals surface area contributed by atoms with Gasteiger partial charge in [-0.15, -0.1) is 0 Å². The number of amides is 1. The summed E-state index contributed by atoms with van der Waals surface area (Å²) in [7, 11) is 0. The molecular weight excluding hydrogens is 253 g/mol. The van der Waals surface area contributed by atoms with Crippen LogP contribution in [0.2, 0.25) is 0 Å². The Morgan fingerprint density at radius 1 is 1.68 bits per heavy atom. The van der Waals surface area contributed by atoms with Crippen LogP contribution < -0.4 is 5.73 Å². The van der Waals surface area contributed by atoms with Crippen LogP contribution in [-0.4, -0.2) is 52.8 Å². The molecule has 6 nitrogen and oxygen atoms in total. The third kappa shape index (κ3) is 2.82. The molecule has 19 heavy (non-hydrogen) atoms. The average Bonchev–Trinajstić information content (AvgIpc) is 2.40. The van der Waals surface area contributed by atoms with Gasteiger partial charge < -0.3 is 20.5 Å². The zero-order valence-corrected chi connectivity index (χ0v) is 10.5. The first-order chi connectivity index (χ1) is 9.02. The van der Waals surface area contributed by atoms with E-state index in [-0.39, 0.29) is 30.6 Å². The largest absolute Gasteiger partial charge is 0.394 e. The first kappa shape index (κ1) is 13.7. The average molecular weight is 269 g/mol. The second-order valence-corrected chi connectivity index (χ2v) is 4.52. The molecule has 104 valence electrons. The van der Waals surface area contributed by atoms with E-state index in [1.807, 2.05) is 0 Å². The molecule has 3 N–H and O–H groups in total. The fourth-order valence-electron chi connectivity index (χ4n) is 2.11. The highest BCUT2D eigenvalue weighted by molar-refractivity contribution is 5.95. The Hall–Kier alpha value is -1.73. The summed E-state index contributed by atoms with van der Waals surface area (Å²) in [4.78, 5) is 17.3. The number of rotatable bonds is 2. The quantitative estimate of drug-likeness (QED) is 0.790. The first-order valence-corrected chi connectivity index (χ1v) is 5.98. The SMILES string of the molecule is CC1CN(C(=O)c2ccnc(N)c2F)CC(CO)O1. The van der Waals surface area contributed by atoms with Crippen LogP contribution in [0.25, 0.3) is 0 Å². The zero-order valence-electron chi connectivity index (χ0n) is 10.5. The number of aliphatic hydroxyl groups is 1. The standard InChI is InChI=1S/C12H16FN3O3/c1-7-4-16(5-8(6-17)19-7)12(18)9-2-3-15-11(14)10(9)13/h2-3,7-8,17H,4-6H2,1H3,(H2,14,15). The van der Waals surface area contributed by atoms with Gasteiger partial charge in [0.25, 0.3) is 5.91 Å². The molecule has 0 saturated carbocycles. The van der Waals surface area contributed by atoms with Crippen LogP contribution in [0.4, 0.5) is 10.2 Å². The van der Waals surface area contributed by atoms with Gasteiger partial charge >= 0.3 is 0 Å². The molecule has 7 heteroatoms. The molecule has 2 heterocycles. The van der Waals surface area contributed by atoms with Gasteiger partial charge in [-0.3, -0.25) is 4.79 Å². The summed E-state index contributed by atoms with van der Waals surface area (Å²) in [5.74, 6) is -1.58. The van der Waals surface area contributed by atoms with E-state index in [0.717, 1.165) is 0 Å². The van der Waals surface area contributed by atoms with E-state index in [1.165, 1.54) is 17.2 Å². The predicted molar refractivity (Wildman–Crippen MR) is 65.9 cm³/mol. The van der Waals surface area contributed by atoms with E-state index >= 15 is 0 Å². The van der Waals surface area contributed by atoms with Crippen LogP contribution in [0.1, 0.15) is 17.3 Å². The van der Waals surface area contributed by atoms with E-state index in [9.17, 15) is 9.18 Å². The molecule has 0 radical (unpaired) electrons. The van der Waals surface area contributed by atoms with Crippen molar-refractivity contribution >= 4 is 11.7 Å². The molecule has 1 aliphatic heterocycles. The van der Waals surface area contributed by atoms with Gasteiger partial charge in [0.2, 0.25) is 0 Å². The summed E-state index contributed by atoms with van der Waals surface area (Å²) in [5.41, 5.74) is 5.23. The lowest BCUT2D eigenvalue weighted by Crippen LogP contribution is -2.50. The summed E-state index contributed by atoms with van der Waals surface area (Å²) in [5, 5.41) is 9.11. The number of ether oxygens (including phenoxy) is 1. The van der Waals surface area contributed by atoms with E-state index in [4.69, 9.17) is 15.6 Å². The Balaban J connectivity index is 2.21. The van der Waals surface area contributed by atoms with E-state index in [0.29, 0.717) is 6.54 Å². The van der Waals surface area contributed by atoms with Gasteiger partial charge in [0.15, 0.2) is 11.6 Å². The van der Waals surface area contributed by atoms with Crippen molar-refractivity contribution in [2.75, 3.05) is 25.4 Å². The van der Waals surface area contributed by atoms with Crippen molar-refractivity contribution < 1.29 is 19.0 Å². The summed E-state index contributed by atoms with van der Waals surface area (Å²) >= 11 is 0. The number of nitrogens with two attached hydrogens (primary N) is 1. The smallest absolute Gasteiger partial charge is 0.257 e. The highest BCUT2D eigenvalue weighted by Crippen LogP contribution is 2.18. The monoisotopic (exact) mass is 269 g/mol. The maximum Gasteiger partial charge on any atom is 0.257 e. The number of morpholine rings is 1. The van der Waals surface area contributed by atoms with Crippen LogP contribution in [0.3, 0.4) is 0 Å². The van der Waals surface area contributed by atoms with Crippen LogP contribution in [-0.2, 0) is 4.74 Å².